The Bertz CT molecular complexity index is 1170. The number of hydrogen-bond acceptors (Lipinski definition) is 4. The summed E-state index contributed by atoms with van der Waals surface area (Å²) >= 11 is 0. The molecule has 5 heteroatoms. The SMILES string of the molecule is COC(=O)C(C=NNc1ccccc1)=P(c1ccccc1)(c1ccccc1)c1ccccc1. The van der Waals surface area contributed by atoms with E-state index in [0.717, 1.165) is 21.6 Å². The summed E-state index contributed by atoms with van der Waals surface area (Å²) in [4.78, 5) is 13.4. The summed E-state index contributed by atoms with van der Waals surface area (Å²) in [6.07, 6.45) is 1.62. The molecule has 0 bridgehead atoms. The molecule has 33 heavy (non-hydrogen) atoms. The van der Waals surface area contributed by atoms with Gasteiger partial charge in [0.25, 0.3) is 0 Å². The van der Waals surface area contributed by atoms with Crippen molar-refractivity contribution in [2.75, 3.05) is 12.5 Å². The van der Waals surface area contributed by atoms with E-state index in [4.69, 9.17) is 4.74 Å². The molecule has 0 atom stereocenters. The molecule has 0 unspecified atom stereocenters. The Morgan fingerprint density at radius 3 is 1.48 bits per heavy atom. The average Bonchev–Trinajstić information content (AvgIpc) is 2.90. The third kappa shape index (κ3) is 4.67. The summed E-state index contributed by atoms with van der Waals surface area (Å²) in [5, 5.41) is 8.13. The number of nitrogens with zero attached hydrogens (tertiary/aromatic N) is 1. The van der Waals surface area contributed by atoms with Gasteiger partial charge in [0, 0.05) is 0 Å². The van der Waals surface area contributed by atoms with E-state index in [2.05, 4.69) is 46.9 Å². The summed E-state index contributed by atoms with van der Waals surface area (Å²) in [6, 6.07) is 40.1. The van der Waals surface area contributed by atoms with Crippen molar-refractivity contribution in [2.45, 2.75) is 0 Å². The summed E-state index contributed by atoms with van der Waals surface area (Å²) in [7, 11) is 1.41. The molecule has 0 spiro atoms. The van der Waals surface area contributed by atoms with Crippen LogP contribution in [-0.2, 0) is 9.53 Å². The first kappa shape index (κ1) is 22.3. The number of rotatable bonds is 7. The van der Waals surface area contributed by atoms with Gasteiger partial charge in [0.1, 0.15) is 0 Å². The van der Waals surface area contributed by atoms with Gasteiger partial charge in [0.05, 0.1) is 24.3 Å². The number of carbonyl (C=O) groups is 1. The first-order chi connectivity index (χ1) is 16.3. The maximum atomic E-state index is 13.4. The molecule has 1 N–H and O–H groups in total. The van der Waals surface area contributed by atoms with Crippen LogP contribution in [0.25, 0.3) is 0 Å². The lowest BCUT2D eigenvalue weighted by molar-refractivity contribution is -0.132. The molecule has 0 aromatic heterocycles. The maximum Gasteiger partial charge on any atom is 0.340 e. The van der Waals surface area contributed by atoms with Crippen molar-refractivity contribution in [1.29, 1.82) is 0 Å². The second-order valence-electron chi connectivity index (χ2n) is 7.29. The van der Waals surface area contributed by atoms with E-state index >= 15 is 0 Å². The smallest absolute Gasteiger partial charge is 0.340 e. The van der Waals surface area contributed by atoms with Gasteiger partial charge in [0.15, 0.2) is 0 Å². The second-order valence-corrected chi connectivity index (χ2v) is 10.7. The van der Waals surface area contributed by atoms with Gasteiger partial charge in [-0.1, -0.05) is 109 Å². The molecule has 0 aliphatic rings. The molecule has 0 aliphatic carbocycles. The van der Waals surface area contributed by atoms with E-state index in [1.54, 1.807) is 6.21 Å². The molecule has 4 aromatic carbocycles. The van der Waals surface area contributed by atoms with Crippen molar-refractivity contribution in [3.63, 3.8) is 0 Å². The normalized spacial score (nSPS) is 11.2. The molecular weight excluding hydrogens is 427 g/mol. The van der Waals surface area contributed by atoms with Crippen molar-refractivity contribution in [3.05, 3.63) is 121 Å². The number of anilines is 1. The summed E-state index contributed by atoms with van der Waals surface area (Å²) < 4.78 is 5.32. The number of esters is 1. The molecular formula is C28H25N2O2P. The Morgan fingerprint density at radius 1 is 0.697 bits per heavy atom. The zero-order valence-corrected chi connectivity index (χ0v) is 19.2. The lowest BCUT2D eigenvalue weighted by atomic mass is 10.3. The van der Waals surface area contributed by atoms with E-state index < -0.39 is 12.9 Å². The number of hydrogen-bond donors (Lipinski definition) is 1. The van der Waals surface area contributed by atoms with Gasteiger partial charge < -0.3 is 4.74 Å². The van der Waals surface area contributed by atoms with Gasteiger partial charge in [-0.15, -0.1) is 0 Å². The predicted molar refractivity (Wildman–Crippen MR) is 141 cm³/mol. The van der Waals surface area contributed by atoms with Crippen LogP contribution in [0.1, 0.15) is 0 Å². The van der Waals surface area contributed by atoms with Gasteiger partial charge in [-0.3, -0.25) is 5.43 Å². The largest absolute Gasteiger partial charge is 0.465 e. The molecule has 0 fully saturated rings. The fourth-order valence-corrected chi connectivity index (χ4v) is 8.06. The molecule has 0 saturated heterocycles. The van der Waals surface area contributed by atoms with Gasteiger partial charge in [-0.2, -0.15) is 5.10 Å². The molecule has 4 rings (SSSR count). The minimum Gasteiger partial charge on any atom is -0.465 e. The van der Waals surface area contributed by atoms with Crippen LogP contribution < -0.4 is 21.3 Å². The zero-order valence-electron chi connectivity index (χ0n) is 18.3. The minimum atomic E-state index is -2.60. The van der Waals surface area contributed by atoms with Crippen LogP contribution in [0.2, 0.25) is 0 Å². The number of nitrogens with one attached hydrogen (secondary N) is 1. The third-order valence-corrected chi connectivity index (χ3v) is 9.58. The highest BCUT2D eigenvalue weighted by atomic mass is 31.2. The molecule has 0 amide bonds. The van der Waals surface area contributed by atoms with Gasteiger partial charge in [0.2, 0.25) is 0 Å². The summed E-state index contributed by atoms with van der Waals surface area (Å²) in [5.74, 6) is -0.404. The average molecular weight is 452 g/mol. The number of para-hydroxylation sites is 1. The Labute approximate surface area is 194 Å². The highest BCUT2D eigenvalue weighted by Crippen LogP contribution is 2.46. The van der Waals surface area contributed by atoms with Crippen LogP contribution in [-0.4, -0.2) is 24.6 Å². The zero-order chi connectivity index (χ0) is 22.9. The standard InChI is InChI=1S/C28H25N2O2P/c1-32-28(31)27(22-29-30-23-14-6-2-7-15-23)33(24-16-8-3-9-17-24,25-18-10-4-11-19-25)26-20-12-5-13-21-26/h2-22,30H,1H3. The Hall–Kier alpha value is -3.88. The van der Waals surface area contributed by atoms with Crippen molar-refractivity contribution in [3.8, 4) is 0 Å². The van der Waals surface area contributed by atoms with Crippen LogP contribution in [0, 0.1) is 0 Å². The monoisotopic (exact) mass is 452 g/mol. The fraction of sp³-hybridized carbons (Fsp3) is 0.0357. The molecule has 4 aromatic rings. The van der Waals surface area contributed by atoms with Crippen LogP contribution in [0.15, 0.2) is 126 Å². The molecule has 0 aliphatic heterocycles. The highest BCUT2D eigenvalue weighted by molar-refractivity contribution is 7.97. The Morgan fingerprint density at radius 2 is 1.09 bits per heavy atom. The van der Waals surface area contributed by atoms with Crippen molar-refractivity contribution in [2.24, 2.45) is 5.10 Å². The van der Waals surface area contributed by atoms with Crippen molar-refractivity contribution < 1.29 is 9.53 Å². The van der Waals surface area contributed by atoms with E-state index in [0.29, 0.717) is 5.29 Å². The number of carbonyl (C=O) groups excluding carboxylic acids is 1. The Kier molecular flexibility index (Phi) is 7.19. The minimum absolute atomic E-state index is 0.404. The van der Waals surface area contributed by atoms with E-state index in [9.17, 15) is 4.79 Å². The number of methoxy groups -OCH3 is 1. The summed E-state index contributed by atoms with van der Waals surface area (Å²) in [5.41, 5.74) is 3.87. The number of hydrazone groups is 1. The first-order valence-electron chi connectivity index (χ1n) is 10.6. The lowest BCUT2D eigenvalue weighted by Crippen LogP contribution is -2.35. The third-order valence-electron chi connectivity index (χ3n) is 5.34. The molecule has 164 valence electrons. The maximum absolute atomic E-state index is 13.4. The molecule has 0 heterocycles. The van der Waals surface area contributed by atoms with Gasteiger partial charge in [-0.25, -0.2) is 4.79 Å². The topological polar surface area (TPSA) is 50.7 Å². The molecule has 0 radical (unpaired) electrons. The number of benzene rings is 4. The van der Waals surface area contributed by atoms with Crippen LogP contribution in [0.5, 0.6) is 0 Å². The Balaban J connectivity index is 2.08. The van der Waals surface area contributed by atoms with E-state index in [1.165, 1.54) is 7.11 Å². The molecule has 0 saturated carbocycles. The quantitative estimate of drug-likeness (QED) is 0.195. The van der Waals surface area contributed by atoms with Gasteiger partial charge in [-0.05, 0) is 34.9 Å². The van der Waals surface area contributed by atoms with Crippen LogP contribution in [0.4, 0.5) is 5.69 Å². The molecule has 4 nitrogen and oxygen atoms in total. The van der Waals surface area contributed by atoms with Crippen molar-refractivity contribution >= 4 is 46.0 Å². The number of ether oxygens (including phenoxy) is 1. The van der Waals surface area contributed by atoms with Crippen LogP contribution >= 0.6 is 6.89 Å². The fourth-order valence-electron chi connectivity index (χ4n) is 3.88. The summed E-state index contributed by atoms with van der Waals surface area (Å²) in [6.45, 7) is -2.60. The highest BCUT2D eigenvalue weighted by Gasteiger charge is 2.32. The van der Waals surface area contributed by atoms with E-state index in [1.807, 2.05) is 84.9 Å². The van der Waals surface area contributed by atoms with Gasteiger partial charge >= 0.3 is 5.97 Å². The predicted octanol–water partition coefficient (Wildman–Crippen LogP) is 4.42. The van der Waals surface area contributed by atoms with Crippen molar-refractivity contribution in [1.82, 2.24) is 0 Å². The van der Waals surface area contributed by atoms with Crippen LogP contribution in [0.3, 0.4) is 0 Å². The lowest BCUT2D eigenvalue weighted by Gasteiger charge is -2.30. The second kappa shape index (κ2) is 10.6. The van der Waals surface area contributed by atoms with E-state index in [-0.39, 0.29) is 0 Å². The first-order valence-corrected chi connectivity index (χ1v) is 12.4.